The van der Waals surface area contributed by atoms with Crippen LogP contribution in [0.3, 0.4) is 0 Å². The van der Waals surface area contributed by atoms with E-state index in [1.54, 1.807) is 53.9 Å². The second kappa shape index (κ2) is 13.0. The number of nitrogens with one attached hydrogen (secondary N) is 2. The van der Waals surface area contributed by atoms with Crippen LogP contribution >= 0.6 is 23.5 Å². The van der Waals surface area contributed by atoms with Crippen molar-refractivity contribution in [2.75, 3.05) is 29.2 Å². The first-order valence-corrected chi connectivity index (χ1v) is 15.8. The summed E-state index contributed by atoms with van der Waals surface area (Å²) < 4.78 is 5.19. The molecule has 4 heterocycles. The summed E-state index contributed by atoms with van der Waals surface area (Å²) in [6.45, 7) is 0. The summed E-state index contributed by atoms with van der Waals surface area (Å²) >= 11 is 3.26. The summed E-state index contributed by atoms with van der Waals surface area (Å²) in [5.41, 5.74) is 1.36. The molecule has 1 amide bonds. The number of aromatic nitrogens is 2. The molecule has 0 aliphatic carbocycles. The SMILES string of the molecule is CN1C(C(=O)Nc2cc(Nc3ccc(O)cc3)nc(/C=C/c3ccc([N+](=O)[O-])o3)n2)CSC1C1CSC(c2ccccc2O)=N1. The fraction of sp³-hybridized carbons (Fsp3) is 0.200. The minimum absolute atomic E-state index is 0.0235. The third kappa shape index (κ3) is 6.95. The van der Waals surface area contributed by atoms with Crippen molar-refractivity contribution in [1.29, 1.82) is 0 Å². The quantitative estimate of drug-likeness (QED) is 0.107. The van der Waals surface area contributed by atoms with Crippen LogP contribution in [0.15, 0.2) is 76.1 Å². The van der Waals surface area contributed by atoms with E-state index in [1.807, 2.05) is 24.1 Å². The zero-order valence-corrected chi connectivity index (χ0v) is 25.4. The fourth-order valence-corrected chi connectivity index (χ4v) is 7.61. The van der Waals surface area contributed by atoms with Crippen LogP contribution in [-0.4, -0.2) is 77.0 Å². The summed E-state index contributed by atoms with van der Waals surface area (Å²) in [4.78, 5) is 39.7. The number of rotatable bonds is 9. The van der Waals surface area contributed by atoms with Crippen molar-refractivity contribution in [3.05, 3.63) is 94.0 Å². The molecule has 2 aliphatic rings. The van der Waals surface area contributed by atoms with Gasteiger partial charge in [-0.1, -0.05) is 12.1 Å². The predicted molar refractivity (Wildman–Crippen MR) is 175 cm³/mol. The molecular weight excluding hydrogens is 619 g/mol. The average Bonchev–Trinajstić information content (AvgIpc) is 3.78. The fourth-order valence-electron chi connectivity index (χ4n) is 4.84. The summed E-state index contributed by atoms with van der Waals surface area (Å²) in [5.74, 6) is 2.05. The Morgan fingerprint density at radius 1 is 1.07 bits per heavy atom. The molecule has 15 heteroatoms. The number of aromatic hydroxyl groups is 2. The van der Waals surface area contributed by atoms with Crippen LogP contribution in [0, 0.1) is 10.1 Å². The molecule has 0 radical (unpaired) electrons. The molecular formula is C30H27N7O6S2. The first-order valence-electron chi connectivity index (χ1n) is 13.7. The second-order valence-corrected chi connectivity index (χ2v) is 12.3. The summed E-state index contributed by atoms with van der Waals surface area (Å²) in [6.07, 6.45) is 3.01. The first-order chi connectivity index (χ1) is 21.7. The number of phenolic OH excluding ortho intramolecular Hbond substituents is 2. The molecule has 230 valence electrons. The molecule has 13 nitrogen and oxygen atoms in total. The Morgan fingerprint density at radius 3 is 2.60 bits per heavy atom. The number of nitro groups is 1. The normalized spacial score (nSPS) is 19.9. The van der Waals surface area contributed by atoms with Crippen molar-refractivity contribution in [3.63, 3.8) is 0 Å². The maximum atomic E-state index is 13.5. The number of carbonyl (C=O) groups is 1. The van der Waals surface area contributed by atoms with Gasteiger partial charge in [-0.2, -0.15) is 0 Å². The second-order valence-electron chi connectivity index (χ2n) is 10.2. The third-order valence-electron chi connectivity index (χ3n) is 7.08. The number of phenols is 2. The van der Waals surface area contributed by atoms with Gasteiger partial charge in [-0.3, -0.25) is 24.8 Å². The smallest absolute Gasteiger partial charge is 0.433 e. The van der Waals surface area contributed by atoms with Crippen LogP contribution in [-0.2, 0) is 4.79 Å². The number of nitrogens with zero attached hydrogens (tertiary/aromatic N) is 5. The molecule has 0 saturated carbocycles. The Balaban J connectivity index is 1.19. The van der Waals surface area contributed by atoms with E-state index in [9.17, 15) is 25.1 Å². The van der Waals surface area contributed by atoms with Crippen LogP contribution in [0.4, 0.5) is 23.2 Å². The lowest BCUT2D eigenvalue weighted by atomic mass is 10.2. The van der Waals surface area contributed by atoms with E-state index in [4.69, 9.17) is 9.41 Å². The van der Waals surface area contributed by atoms with Gasteiger partial charge in [0.15, 0.2) is 5.82 Å². The molecule has 2 aromatic heterocycles. The molecule has 45 heavy (non-hydrogen) atoms. The van der Waals surface area contributed by atoms with E-state index in [2.05, 4.69) is 20.6 Å². The number of hydrogen-bond donors (Lipinski definition) is 4. The first kappa shape index (κ1) is 30.2. The molecule has 0 spiro atoms. The number of amides is 1. The lowest BCUT2D eigenvalue weighted by Crippen LogP contribution is -2.45. The molecule has 0 bridgehead atoms. The number of anilines is 3. The molecule has 1 saturated heterocycles. The van der Waals surface area contributed by atoms with E-state index in [0.717, 1.165) is 10.8 Å². The highest BCUT2D eigenvalue weighted by Crippen LogP contribution is 2.38. The van der Waals surface area contributed by atoms with Crippen LogP contribution < -0.4 is 10.6 Å². The average molecular weight is 646 g/mol. The van der Waals surface area contributed by atoms with Crippen molar-refractivity contribution in [2.24, 2.45) is 4.99 Å². The zero-order chi connectivity index (χ0) is 31.5. The minimum Gasteiger partial charge on any atom is -0.508 e. The van der Waals surface area contributed by atoms with Crippen LogP contribution in [0.1, 0.15) is 17.1 Å². The number of benzene rings is 2. The standard InChI is InChI=1S/C30H27N7O6S2/c1-36-22(16-45-30(36)21-15-44-29(32-21)20-4-2-3-5-23(20)39)28(40)35-26-14-25(31-17-6-8-18(38)9-7-17)33-24(34-26)12-10-19-11-13-27(43-19)37(41)42/h2-14,21-22,30,38-39H,15-16H2,1H3,(H2,31,33,34,35,40)/b12-10+. The molecule has 1 fully saturated rings. The number of para-hydroxylation sites is 1. The molecule has 3 atom stereocenters. The molecule has 4 N–H and O–H groups in total. The summed E-state index contributed by atoms with van der Waals surface area (Å²) in [5, 5.41) is 37.7. The molecule has 4 aromatic rings. The van der Waals surface area contributed by atoms with E-state index in [1.165, 1.54) is 36.4 Å². The van der Waals surface area contributed by atoms with E-state index in [-0.39, 0.29) is 52.1 Å². The van der Waals surface area contributed by atoms with Crippen LogP contribution in [0.5, 0.6) is 11.5 Å². The maximum Gasteiger partial charge on any atom is 0.433 e. The molecule has 2 aliphatic heterocycles. The number of furan rings is 1. The predicted octanol–water partition coefficient (Wildman–Crippen LogP) is 5.18. The molecule has 2 aromatic carbocycles. The van der Waals surface area contributed by atoms with E-state index in [0.29, 0.717) is 22.8 Å². The topological polar surface area (TPSA) is 179 Å². The van der Waals surface area contributed by atoms with Gasteiger partial charge in [-0.15, -0.1) is 23.5 Å². The van der Waals surface area contributed by atoms with Crippen LogP contribution in [0.2, 0.25) is 0 Å². The van der Waals surface area contributed by atoms with Crippen molar-refractivity contribution in [1.82, 2.24) is 14.9 Å². The third-order valence-corrected chi connectivity index (χ3v) is 9.69. The van der Waals surface area contributed by atoms with Gasteiger partial charge in [0.2, 0.25) is 5.91 Å². The Labute approximate surface area is 265 Å². The number of hydrogen-bond acceptors (Lipinski definition) is 13. The number of likely N-dealkylation sites (N-methyl/N-ethyl adjacent to an activating group) is 1. The Hall–Kier alpha value is -4.86. The Morgan fingerprint density at radius 2 is 1.84 bits per heavy atom. The Bertz CT molecular complexity index is 1800. The van der Waals surface area contributed by atoms with Crippen molar-refractivity contribution in [2.45, 2.75) is 17.5 Å². The lowest BCUT2D eigenvalue weighted by Gasteiger charge is -2.26. The van der Waals surface area contributed by atoms with Crippen molar-refractivity contribution in [3.8, 4) is 11.5 Å². The number of carbonyl (C=O) groups excluding carboxylic acids is 1. The van der Waals surface area contributed by atoms with Crippen molar-refractivity contribution >= 4 is 69.8 Å². The lowest BCUT2D eigenvalue weighted by molar-refractivity contribution is -0.402. The highest BCUT2D eigenvalue weighted by atomic mass is 32.2. The van der Waals surface area contributed by atoms with Gasteiger partial charge in [0.1, 0.15) is 38.9 Å². The number of aliphatic imine (C=N–C) groups is 1. The van der Waals surface area contributed by atoms with E-state index < -0.39 is 11.0 Å². The van der Waals surface area contributed by atoms with Gasteiger partial charge in [0, 0.05) is 28.8 Å². The van der Waals surface area contributed by atoms with E-state index >= 15 is 0 Å². The van der Waals surface area contributed by atoms with Gasteiger partial charge in [-0.25, -0.2) is 9.97 Å². The minimum atomic E-state index is -0.627. The van der Waals surface area contributed by atoms with Gasteiger partial charge >= 0.3 is 5.88 Å². The highest BCUT2D eigenvalue weighted by molar-refractivity contribution is 8.14. The summed E-state index contributed by atoms with van der Waals surface area (Å²) in [6, 6.07) is 17.3. The van der Waals surface area contributed by atoms with Crippen molar-refractivity contribution < 1.29 is 24.3 Å². The number of thioether (sulfide) groups is 2. The van der Waals surface area contributed by atoms with Gasteiger partial charge in [0.25, 0.3) is 0 Å². The Kier molecular flexibility index (Phi) is 8.73. The molecule has 3 unspecified atom stereocenters. The maximum absolute atomic E-state index is 13.5. The van der Waals surface area contributed by atoms with Crippen LogP contribution in [0.25, 0.3) is 12.2 Å². The van der Waals surface area contributed by atoms with Gasteiger partial charge in [0.05, 0.1) is 23.5 Å². The zero-order valence-electron chi connectivity index (χ0n) is 23.7. The summed E-state index contributed by atoms with van der Waals surface area (Å²) in [7, 11) is 1.90. The van der Waals surface area contributed by atoms with Gasteiger partial charge in [-0.05, 0) is 61.7 Å². The highest BCUT2D eigenvalue weighted by Gasteiger charge is 2.41. The monoisotopic (exact) mass is 645 g/mol. The van der Waals surface area contributed by atoms with Gasteiger partial charge < -0.3 is 25.3 Å². The molecule has 6 rings (SSSR count). The largest absolute Gasteiger partial charge is 0.508 e.